The second-order valence-electron chi connectivity index (χ2n) is 6.32. The molecular formula is C21H20ClFN4O. The summed E-state index contributed by atoms with van der Waals surface area (Å²) in [6.45, 7) is 3.06. The summed E-state index contributed by atoms with van der Waals surface area (Å²) in [5.41, 5.74) is 4.54. The molecule has 28 heavy (non-hydrogen) atoms. The van der Waals surface area contributed by atoms with E-state index in [1.807, 2.05) is 54.2 Å². The van der Waals surface area contributed by atoms with Crippen molar-refractivity contribution in [2.45, 2.75) is 20.0 Å². The van der Waals surface area contributed by atoms with Crippen LogP contribution in [0.2, 0.25) is 0 Å². The monoisotopic (exact) mass is 398 g/mol. The summed E-state index contributed by atoms with van der Waals surface area (Å²) in [5.74, 6) is 0.526. The first-order chi connectivity index (χ1) is 13.2. The van der Waals surface area contributed by atoms with Crippen LogP contribution in [0.25, 0.3) is 16.9 Å². The Kier molecular flexibility index (Phi) is 6.23. The number of hydrogen-bond donors (Lipinski definition) is 1. The zero-order valence-electron chi connectivity index (χ0n) is 15.3. The second-order valence-corrected chi connectivity index (χ2v) is 6.32. The van der Waals surface area contributed by atoms with Gasteiger partial charge in [-0.25, -0.2) is 9.07 Å². The lowest BCUT2D eigenvalue weighted by Gasteiger charge is -2.03. The molecule has 0 aliphatic rings. The topological polar surface area (TPSA) is 55.9 Å². The van der Waals surface area contributed by atoms with Crippen LogP contribution >= 0.6 is 12.4 Å². The molecule has 0 fully saturated rings. The number of para-hydroxylation sites is 1. The molecular weight excluding hydrogens is 379 g/mol. The maximum Gasteiger partial charge on any atom is 0.133 e. The molecule has 0 amide bonds. The highest BCUT2D eigenvalue weighted by atomic mass is 35.5. The van der Waals surface area contributed by atoms with Crippen molar-refractivity contribution in [3.63, 3.8) is 0 Å². The van der Waals surface area contributed by atoms with Crippen LogP contribution in [-0.2, 0) is 13.1 Å². The molecule has 0 unspecified atom stereocenters. The smallest absolute Gasteiger partial charge is 0.133 e. The molecule has 0 saturated heterocycles. The Labute approximate surface area is 168 Å². The van der Waals surface area contributed by atoms with Crippen molar-refractivity contribution >= 4 is 12.4 Å². The fraction of sp³-hybridized carbons (Fsp3) is 0.143. The van der Waals surface area contributed by atoms with Crippen LogP contribution in [0.4, 0.5) is 4.39 Å². The van der Waals surface area contributed by atoms with Crippen LogP contribution in [0.5, 0.6) is 0 Å². The number of hydrogen-bond acceptors (Lipinski definition) is 4. The summed E-state index contributed by atoms with van der Waals surface area (Å²) in [6, 6.07) is 18.2. The molecule has 5 nitrogen and oxygen atoms in total. The van der Waals surface area contributed by atoms with Crippen molar-refractivity contribution in [2.24, 2.45) is 0 Å². The van der Waals surface area contributed by atoms with Gasteiger partial charge in [-0.15, -0.1) is 12.4 Å². The summed E-state index contributed by atoms with van der Waals surface area (Å²) in [7, 11) is 0. The Balaban J connectivity index is 0.00000225. The molecule has 2 aromatic carbocycles. The van der Waals surface area contributed by atoms with E-state index in [2.05, 4.69) is 10.5 Å². The predicted octanol–water partition coefficient (Wildman–Crippen LogP) is 4.69. The molecule has 2 heterocycles. The summed E-state index contributed by atoms with van der Waals surface area (Å²) < 4.78 is 20.2. The highest BCUT2D eigenvalue weighted by Crippen LogP contribution is 2.24. The van der Waals surface area contributed by atoms with Gasteiger partial charge in [-0.05, 0) is 43.3 Å². The van der Waals surface area contributed by atoms with Crippen LogP contribution < -0.4 is 5.32 Å². The largest absolute Gasteiger partial charge is 0.361 e. The minimum atomic E-state index is -0.262. The van der Waals surface area contributed by atoms with Gasteiger partial charge in [-0.1, -0.05) is 23.4 Å². The minimum absolute atomic E-state index is 0. The van der Waals surface area contributed by atoms with Gasteiger partial charge in [0.05, 0.1) is 17.1 Å². The van der Waals surface area contributed by atoms with Crippen LogP contribution in [-0.4, -0.2) is 14.9 Å². The highest BCUT2D eigenvalue weighted by molar-refractivity contribution is 5.85. The van der Waals surface area contributed by atoms with E-state index in [0.717, 1.165) is 34.0 Å². The fourth-order valence-electron chi connectivity index (χ4n) is 2.93. The third kappa shape index (κ3) is 4.47. The molecule has 4 aromatic rings. The minimum Gasteiger partial charge on any atom is -0.361 e. The molecule has 0 radical (unpaired) electrons. The first-order valence-electron chi connectivity index (χ1n) is 8.72. The lowest BCUT2D eigenvalue weighted by molar-refractivity contribution is 0.388. The molecule has 0 atom stereocenters. The standard InChI is InChI=1S/C21H19FN4O.ClH/c1-15-11-19(25-27-15)13-23-12-17-14-26(20-5-3-2-4-6-20)24-21(17)16-7-9-18(22)10-8-16;/h2-11,14,23H,12-13H2,1H3;1H. The third-order valence-electron chi connectivity index (χ3n) is 4.23. The van der Waals surface area contributed by atoms with Gasteiger partial charge in [0.2, 0.25) is 0 Å². The number of benzene rings is 2. The van der Waals surface area contributed by atoms with Crippen molar-refractivity contribution in [3.8, 4) is 16.9 Å². The molecule has 0 spiro atoms. The molecule has 0 aliphatic carbocycles. The lowest BCUT2D eigenvalue weighted by Crippen LogP contribution is -2.13. The van der Waals surface area contributed by atoms with Crippen LogP contribution in [0.1, 0.15) is 17.0 Å². The molecule has 0 bridgehead atoms. The van der Waals surface area contributed by atoms with E-state index in [-0.39, 0.29) is 18.2 Å². The Morgan fingerprint density at radius 3 is 2.46 bits per heavy atom. The summed E-state index contributed by atoms with van der Waals surface area (Å²) in [5, 5.41) is 12.1. The third-order valence-corrected chi connectivity index (χ3v) is 4.23. The Hall–Kier alpha value is -2.96. The second kappa shape index (κ2) is 8.82. The first-order valence-corrected chi connectivity index (χ1v) is 8.72. The number of rotatable bonds is 6. The number of nitrogens with zero attached hydrogens (tertiary/aromatic N) is 3. The summed E-state index contributed by atoms with van der Waals surface area (Å²) >= 11 is 0. The van der Waals surface area contributed by atoms with Gasteiger partial charge < -0.3 is 9.84 Å². The average molecular weight is 399 g/mol. The first kappa shape index (κ1) is 19.8. The van der Waals surface area contributed by atoms with Gasteiger partial charge in [0.25, 0.3) is 0 Å². The predicted molar refractivity (Wildman–Crippen MR) is 108 cm³/mol. The highest BCUT2D eigenvalue weighted by Gasteiger charge is 2.13. The molecule has 0 aliphatic heterocycles. The average Bonchev–Trinajstić information content (AvgIpc) is 3.30. The number of halogens is 2. The van der Waals surface area contributed by atoms with Gasteiger partial charge in [0, 0.05) is 36.5 Å². The number of aryl methyl sites for hydroxylation is 1. The molecule has 7 heteroatoms. The molecule has 144 valence electrons. The van der Waals surface area contributed by atoms with E-state index in [9.17, 15) is 4.39 Å². The molecule has 1 N–H and O–H groups in total. The molecule has 0 saturated carbocycles. The fourth-order valence-corrected chi connectivity index (χ4v) is 2.93. The van der Waals surface area contributed by atoms with Crippen molar-refractivity contribution in [1.82, 2.24) is 20.3 Å². The Morgan fingerprint density at radius 2 is 1.79 bits per heavy atom. The van der Waals surface area contributed by atoms with Gasteiger partial charge in [0.1, 0.15) is 11.6 Å². The molecule has 2 aromatic heterocycles. The quantitative estimate of drug-likeness (QED) is 0.512. The van der Waals surface area contributed by atoms with Crippen molar-refractivity contribution in [3.05, 3.63) is 89.7 Å². The van der Waals surface area contributed by atoms with Crippen molar-refractivity contribution < 1.29 is 8.91 Å². The lowest BCUT2D eigenvalue weighted by atomic mass is 10.1. The van der Waals surface area contributed by atoms with Crippen molar-refractivity contribution in [1.29, 1.82) is 0 Å². The van der Waals surface area contributed by atoms with Crippen LogP contribution in [0.3, 0.4) is 0 Å². The van der Waals surface area contributed by atoms with E-state index in [0.29, 0.717) is 13.1 Å². The number of aromatic nitrogens is 3. The van der Waals surface area contributed by atoms with E-state index in [1.165, 1.54) is 12.1 Å². The Morgan fingerprint density at radius 1 is 1.04 bits per heavy atom. The molecule has 4 rings (SSSR count). The summed E-state index contributed by atoms with van der Waals surface area (Å²) in [6.07, 6.45) is 2.00. The van der Waals surface area contributed by atoms with Crippen LogP contribution in [0, 0.1) is 12.7 Å². The van der Waals surface area contributed by atoms with Gasteiger partial charge in [0.15, 0.2) is 0 Å². The maximum absolute atomic E-state index is 13.3. The number of nitrogens with one attached hydrogen (secondary N) is 1. The normalized spacial score (nSPS) is 10.6. The Bertz CT molecular complexity index is 1030. The zero-order chi connectivity index (χ0) is 18.6. The van der Waals surface area contributed by atoms with Crippen molar-refractivity contribution in [2.75, 3.05) is 0 Å². The summed E-state index contributed by atoms with van der Waals surface area (Å²) in [4.78, 5) is 0. The van der Waals surface area contributed by atoms with Gasteiger partial charge in [-0.3, -0.25) is 0 Å². The van der Waals surface area contributed by atoms with Crippen LogP contribution in [0.15, 0.2) is 71.4 Å². The SMILES string of the molecule is Cc1cc(CNCc2cn(-c3ccccc3)nc2-c2ccc(F)cc2)no1.Cl. The van der Waals surface area contributed by atoms with E-state index in [4.69, 9.17) is 9.62 Å². The van der Waals surface area contributed by atoms with E-state index in [1.54, 1.807) is 12.1 Å². The van der Waals surface area contributed by atoms with E-state index < -0.39 is 0 Å². The van der Waals surface area contributed by atoms with Gasteiger partial charge in [-0.2, -0.15) is 5.10 Å². The zero-order valence-corrected chi connectivity index (χ0v) is 16.1. The van der Waals surface area contributed by atoms with E-state index >= 15 is 0 Å². The maximum atomic E-state index is 13.3. The van der Waals surface area contributed by atoms with Gasteiger partial charge >= 0.3 is 0 Å².